The SMILES string of the molecule is Nc1cnn(CCn2ccc3cc(Br)ccc32)c1. The monoisotopic (exact) mass is 304 g/mol. The van der Waals surface area contributed by atoms with E-state index < -0.39 is 0 Å². The van der Waals surface area contributed by atoms with E-state index in [2.05, 4.69) is 56.1 Å². The molecule has 1 aromatic carbocycles. The number of anilines is 1. The van der Waals surface area contributed by atoms with Gasteiger partial charge in [-0.2, -0.15) is 5.10 Å². The predicted molar refractivity (Wildman–Crippen MR) is 76.3 cm³/mol. The summed E-state index contributed by atoms with van der Waals surface area (Å²) in [6.45, 7) is 1.70. The molecule has 2 N–H and O–H groups in total. The summed E-state index contributed by atoms with van der Waals surface area (Å²) in [6, 6.07) is 8.43. The van der Waals surface area contributed by atoms with E-state index in [1.807, 2.05) is 10.9 Å². The molecule has 0 radical (unpaired) electrons. The molecule has 2 heterocycles. The van der Waals surface area contributed by atoms with Crippen LogP contribution in [0.1, 0.15) is 0 Å². The zero-order valence-electron chi connectivity index (χ0n) is 9.75. The molecule has 5 heteroatoms. The second-order valence-corrected chi connectivity index (χ2v) is 5.16. The largest absolute Gasteiger partial charge is 0.396 e. The van der Waals surface area contributed by atoms with Crippen LogP contribution in [0.3, 0.4) is 0 Å². The Bertz CT molecular complexity index is 683. The summed E-state index contributed by atoms with van der Waals surface area (Å²) < 4.78 is 5.19. The molecular weight excluding hydrogens is 292 g/mol. The summed E-state index contributed by atoms with van der Waals surface area (Å²) >= 11 is 3.48. The van der Waals surface area contributed by atoms with E-state index in [0.29, 0.717) is 5.69 Å². The fourth-order valence-electron chi connectivity index (χ4n) is 2.08. The van der Waals surface area contributed by atoms with Gasteiger partial charge in [0.05, 0.1) is 18.4 Å². The Kier molecular flexibility index (Phi) is 2.83. The molecule has 2 aromatic heterocycles. The molecule has 0 aliphatic heterocycles. The molecule has 92 valence electrons. The van der Waals surface area contributed by atoms with Crippen molar-refractivity contribution in [2.24, 2.45) is 0 Å². The lowest BCUT2D eigenvalue weighted by Crippen LogP contribution is -2.06. The second-order valence-electron chi connectivity index (χ2n) is 4.25. The van der Waals surface area contributed by atoms with E-state index in [1.54, 1.807) is 6.20 Å². The molecule has 0 spiro atoms. The first-order valence-corrected chi connectivity index (χ1v) is 6.54. The molecule has 0 amide bonds. The maximum atomic E-state index is 5.64. The van der Waals surface area contributed by atoms with Crippen LogP contribution in [0.4, 0.5) is 5.69 Å². The summed E-state index contributed by atoms with van der Waals surface area (Å²) in [4.78, 5) is 0. The fraction of sp³-hybridized carbons (Fsp3) is 0.154. The zero-order chi connectivity index (χ0) is 12.5. The smallest absolute Gasteiger partial charge is 0.0719 e. The number of benzene rings is 1. The van der Waals surface area contributed by atoms with E-state index in [4.69, 9.17) is 5.73 Å². The topological polar surface area (TPSA) is 48.8 Å². The van der Waals surface area contributed by atoms with Crippen molar-refractivity contribution in [3.05, 3.63) is 47.3 Å². The highest BCUT2D eigenvalue weighted by Gasteiger charge is 2.02. The van der Waals surface area contributed by atoms with Crippen molar-refractivity contribution in [2.45, 2.75) is 13.1 Å². The van der Waals surface area contributed by atoms with Crippen LogP contribution in [0, 0.1) is 0 Å². The maximum absolute atomic E-state index is 5.64. The van der Waals surface area contributed by atoms with Gasteiger partial charge < -0.3 is 10.3 Å². The number of nitrogens with two attached hydrogens (primary N) is 1. The van der Waals surface area contributed by atoms with Crippen LogP contribution >= 0.6 is 15.9 Å². The Morgan fingerprint density at radius 1 is 1.22 bits per heavy atom. The Hall–Kier alpha value is -1.75. The molecule has 0 bridgehead atoms. The van der Waals surface area contributed by atoms with Gasteiger partial charge in [-0.3, -0.25) is 4.68 Å². The predicted octanol–water partition coefficient (Wildman–Crippen LogP) is 2.88. The van der Waals surface area contributed by atoms with Gasteiger partial charge in [0.15, 0.2) is 0 Å². The van der Waals surface area contributed by atoms with Gasteiger partial charge in [-0.05, 0) is 24.3 Å². The number of aromatic nitrogens is 3. The standard InChI is InChI=1S/C13H13BrN4/c14-11-1-2-13-10(7-11)3-4-17(13)5-6-18-9-12(15)8-16-18/h1-4,7-9H,5-6,15H2. The summed E-state index contributed by atoms with van der Waals surface area (Å²) in [6.07, 6.45) is 5.62. The van der Waals surface area contributed by atoms with Crippen molar-refractivity contribution in [1.82, 2.24) is 14.3 Å². The number of rotatable bonds is 3. The number of fused-ring (bicyclic) bond motifs is 1. The van der Waals surface area contributed by atoms with Crippen LogP contribution in [0.25, 0.3) is 10.9 Å². The van der Waals surface area contributed by atoms with Crippen LogP contribution in [-0.2, 0) is 13.1 Å². The molecule has 0 fully saturated rings. The van der Waals surface area contributed by atoms with Crippen LogP contribution in [0.15, 0.2) is 47.3 Å². The van der Waals surface area contributed by atoms with Gasteiger partial charge in [0.1, 0.15) is 0 Å². The minimum atomic E-state index is 0.705. The molecule has 3 aromatic rings. The van der Waals surface area contributed by atoms with E-state index >= 15 is 0 Å². The van der Waals surface area contributed by atoms with Gasteiger partial charge in [-0.15, -0.1) is 0 Å². The Morgan fingerprint density at radius 2 is 2.11 bits per heavy atom. The molecule has 18 heavy (non-hydrogen) atoms. The molecule has 0 aliphatic rings. The van der Waals surface area contributed by atoms with Crippen molar-refractivity contribution >= 4 is 32.5 Å². The van der Waals surface area contributed by atoms with E-state index in [0.717, 1.165) is 17.6 Å². The lowest BCUT2D eigenvalue weighted by Gasteiger charge is -2.05. The minimum absolute atomic E-state index is 0.705. The number of aryl methyl sites for hydroxylation is 2. The number of nitrogen functional groups attached to an aromatic ring is 1. The molecule has 0 unspecified atom stereocenters. The third-order valence-corrected chi connectivity index (χ3v) is 3.45. The van der Waals surface area contributed by atoms with E-state index in [9.17, 15) is 0 Å². The Morgan fingerprint density at radius 3 is 2.89 bits per heavy atom. The molecule has 0 saturated heterocycles. The van der Waals surface area contributed by atoms with Crippen molar-refractivity contribution in [3.8, 4) is 0 Å². The lowest BCUT2D eigenvalue weighted by atomic mass is 10.2. The average Bonchev–Trinajstić information content (AvgIpc) is 2.92. The lowest BCUT2D eigenvalue weighted by molar-refractivity contribution is 0.543. The van der Waals surface area contributed by atoms with E-state index in [1.165, 1.54) is 10.9 Å². The molecule has 3 rings (SSSR count). The minimum Gasteiger partial charge on any atom is -0.396 e. The van der Waals surface area contributed by atoms with Crippen molar-refractivity contribution in [3.63, 3.8) is 0 Å². The van der Waals surface area contributed by atoms with E-state index in [-0.39, 0.29) is 0 Å². The number of hydrogen-bond acceptors (Lipinski definition) is 2. The van der Waals surface area contributed by atoms with Crippen molar-refractivity contribution in [2.75, 3.05) is 5.73 Å². The highest BCUT2D eigenvalue weighted by molar-refractivity contribution is 9.10. The summed E-state index contributed by atoms with van der Waals surface area (Å²) in [5.74, 6) is 0. The molecular formula is C13H13BrN4. The highest BCUT2D eigenvalue weighted by Crippen LogP contribution is 2.20. The molecule has 0 atom stereocenters. The van der Waals surface area contributed by atoms with Crippen LogP contribution in [-0.4, -0.2) is 14.3 Å². The van der Waals surface area contributed by atoms with Gasteiger partial charge >= 0.3 is 0 Å². The Labute approximate surface area is 113 Å². The summed E-state index contributed by atoms with van der Waals surface area (Å²) in [7, 11) is 0. The van der Waals surface area contributed by atoms with Crippen molar-refractivity contribution in [1.29, 1.82) is 0 Å². The zero-order valence-corrected chi connectivity index (χ0v) is 11.3. The number of halogens is 1. The van der Waals surface area contributed by atoms with Gasteiger partial charge in [0, 0.05) is 34.3 Å². The third kappa shape index (κ3) is 2.13. The quantitative estimate of drug-likeness (QED) is 0.809. The number of nitrogens with zero attached hydrogens (tertiary/aromatic N) is 3. The van der Waals surface area contributed by atoms with Crippen LogP contribution in [0.5, 0.6) is 0 Å². The highest BCUT2D eigenvalue weighted by atomic mass is 79.9. The normalized spacial score (nSPS) is 11.2. The van der Waals surface area contributed by atoms with Crippen LogP contribution in [0.2, 0.25) is 0 Å². The van der Waals surface area contributed by atoms with Gasteiger partial charge in [-0.1, -0.05) is 15.9 Å². The van der Waals surface area contributed by atoms with Gasteiger partial charge in [-0.25, -0.2) is 0 Å². The molecule has 0 aliphatic carbocycles. The third-order valence-electron chi connectivity index (χ3n) is 2.96. The molecule has 0 saturated carbocycles. The number of hydrogen-bond donors (Lipinski definition) is 1. The fourth-order valence-corrected chi connectivity index (χ4v) is 2.46. The average molecular weight is 305 g/mol. The first-order valence-electron chi connectivity index (χ1n) is 5.75. The summed E-state index contributed by atoms with van der Waals surface area (Å²) in [5, 5.41) is 5.42. The van der Waals surface area contributed by atoms with Gasteiger partial charge in [0.25, 0.3) is 0 Å². The Balaban J connectivity index is 1.82. The van der Waals surface area contributed by atoms with Crippen molar-refractivity contribution < 1.29 is 0 Å². The second kappa shape index (κ2) is 4.49. The first kappa shape index (κ1) is 11.3. The first-order chi connectivity index (χ1) is 8.72. The molecule has 4 nitrogen and oxygen atoms in total. The maximum Gasteiger partial charge on any atom is 0.0719 e. The van der Waals surface area contributed by atoms with Gasteiger partial charge in [0.2, 0.25) is 0 Å². The van der Waals surface area contributed by atoms with Crippen LogP contribution < -0.4 is 5.73 Å². The summed E-state index contributed by atoms with van der Waals surface area (Å²) in [5.41, 5.74) is 7.58.